The lowest BCUT2D eigenvalue weighted by Crippen LogP contribution is -1.77. The molecule has 0 saturated carbocycles. The molecule has 0 N–H and O–H groups in total. The van der Waals surface area contributed by atoms with E-state index in [-0.39, 0.29) is 0 Å². The molecule has 3 nitrogen and oxygen atoms in total. The van der Waals surface area contributed by atoms with Gasteiger partial charge in [-0.3, -0.25) is 4.40 Å². The van der Waals surface area contributed by atoms with E-state index in [4.69, 9.17) is 0 Å². The van der Waals surface area contributed by atoms with E-state index >= 15 is 0 Å². The summed E-state index contributed by atoms with van der Waals surface area (Å²) in [4.78, 5) is 0. The maximum absolute atomic E-state index is 3.80. The van der Waals surface area contributed by atoms with Crippen LogP contribution in [-0.2, 0) is 0 Å². The smallest absolute Gasteiger partial charge is 0.161 e. The SMILES string of the molecule is [c]1ccn2cnnc2c1. The van der Waals surface area contributed by atoms with Crippen LogP contribution >= 0.6 is 0 Å². The zero-order valence-corrected chi connectivity index (χ0v) is 4.65. The Labute approximate surface area is 52.0 Å². The third-order valence-electron chi connectivity index (χ3n) is 1.14. The van der Waals surface area contributed by atoms with Crippen LogP contribution in [0.5, 0.6) is 0 Å². The highest BCUT2D eigenvalue weighted by Crippen LogP contribution is 1.93. The number of fused-ring (bicyclic) bond motifs is 1. The van der Waals surface area contributed by atoms with E-state index in [0.29, 0.717) is 0 Å². The summed E-state index contributed by atoms with van der Waals surface area (Å²) in [5, 5.41) is 7.49. The summed E-state index contributed by atoms with van der Waals surface area (Å²) in [7, 11) is 0. The molecule has 2 heterocycles. The highest BCUT2D eigenvalue weighted by molar-refractivity contribution is 5.34. The summed E-state index contributed by atoms with van der Waals surface area (Å²) in [5.74, 6) is 0. The Bertz CT molecular complexity index is 282. The third-order valence-corrected chi connectivity index (χ3v) is 1.14. The van der Waals surface area contributed by atoms with Gasteiger partial charge >= 0.3 is 0 Å². The highest BCUT2D eigenvalue weighted by atomic mass is 15.2. The number of nitrogens with zero attached hydrogens (tertiary/aromatic N) is 3. The predicted octanol–water partition coefficient (Wildman–Crippen LogP) is 0.529. The van der Waals surface area contributed by atoms with Crippen molar-refractivity contribution in [3.8, 4) is 0 Å². The molecular weight excluding hydrogens is 114 g/mol. The first-order chi connectivity index (χ1) is 4.47. The minimum atomic E-state index is 0.831. The Kier molecular flexibility index (Phi) is 0.773. The summed E-state index contributed by atoms with van der Waals surface area (Å²) in [5.41, 5.74) is 0.831. The van der Waals surface area contributed by atoms with Crippen LogP contribution in [-0.4, -0.2) is 14.6 Å². The second-order valence-electron chi connectivity index (χ2n) is 1.72. The zero-order valence-electron chi connectivity index (χ0n) is 4.65. The fourth-order valence-corrected chi connectivity index (χ4v) is 0.716. The van der Waals surface area contributed by atoms with Crippen molar-refractivity contribution in [1.29, 1.82) is 0 Å². The van der Waals surface area contributed by atoms with E-state index in [9.17, 15) is 0 Å². The number of aromatic nitrogens is 3. The first-order valence-electron chi connectivity index (χ1n) is 2.62. The first kappa shape index (κ1) is 4.49. The number of hydrogen-bond donors (Lipinski definition) is 0. The molecule has 43 valence electrons. The van der Waals surface area contributed by atoms with Gasteiger partial charge in [0.1, 0.15) is 6.33 Å². The van der Waals surface area contributed by atoms with Crippen molar-refractivity contribution in [1.82, 2.24) is 14.6 Å². The summed E-state index contributed by atoms with van der Waals surface area (Å²) < 4.78 is 1.83. The van der Waals surface area contributed by atoms with Gasteiger partial charge in [0, 0.05) is 6.20 Å². The van der Waals surface area contributed by atoms with Crippen molar-refractivity contribution in [3.63, 3.8) is 0 Å². The van der Waals surface area contributed by atoms with E-state index in [1.807, 2.05) is 16.7 Å². The van der Waals surface area contributed by atoms with Gasteiger partial charge in [0.25, 0.3) is 0 Å². The van der Waals surface area contributed by atoms with Gasteiger partial charge in [0.2, 0.25) is 0 Å². The summed E-state index contributed by atoms with van der Waals surface area (Å²) in [6.07, 6.45) is 3.51. The van der Waals surface area contributed by atoms with E-state index in [1.54, 1.807) is 12.4 Å². The number of rotatable bonds is 0. The molecule has 3 heteroatoms. The molecule has 1 radical (unpaired) electrons. The van der Waals surface area contributed by atoms with Gasteiger partial charge in [0.05, 0.1) is 0 Å². The lowest BCUT2D eigenvalue weighted by Gasteiger charge is -1.84. The van der Waals surface area contributed by atoms with E-state index in [0.717, 1.165) is 5.65 Å². The van der Waals surface area contributed by atoms with Gasteiger partial charge in [-0.2, -0.15) is 0 Å². The lowest BCUT2D eigenvalue weighted by molar-refractivity contribution is 1.10. The standard InChI is InChI=1S/C6H4N3/c1-2-4-9-5-7-8-6(9)3-1/h2-5H. The normalized spacial score (nSPS) is 10.2. The van der Waals surface area contributed by atoms with Crippen LogP contribution in [0.2, 0.25) is 0 Å². The van der Waals surface area contributed by atoms with Crippen molar-refractivity contribution in [3.05, 3.63) is 30.7 Å². The maximum atomic E-state index is 3.80. The van der Waals surface area contributed by atoms with Crippen LogP contribution < -0.4 is 0 Å². The van der Waals surface area contributed by atoms with Crippen LogP contribution in [0.1, 0.15) is 0 Å². The Morgan fingerprint density at radius 2 is 2.56 bits per heavy atom. The second kappa shape index (κ2) is 1.55. The zero-order chi connectivity index (χ0) is 6.10. The largest absolute Gasteiger partial charge is 0.289 e. The van der Waals surface area contributed by atoms with E-state index in [1.165, 1.54) is 0 Å². The molecule has 9 heavy (non-hydrogen) atoms. The molecular formula is C6H4N3. The van der Waals surface area contributed by atoms with Gasteiger partial charge < -0.3 is 0 Å². The van der Waals surface area contributed by atoms with Gasteiger partial charge in [-0.15, -0.1) is 10.2 Å². The van der Waals surface area contributed by atoms with E-state index in [2.05, 4.69) is 16.3 Å². The van der Waals surface area contributed by atoms with Crippen molar-refractivity contribution in [2.75, 3.05) is 0 Å². The Balaban J connectivity index is 2.95. The fraction of sp³-hybridized carbons (Fsp3) is 0. The summed E-state index contributed by atoms with van der Waals surface area (Å²) >= 11 is 0. The lowest BCUT2D eigenvalue weighted by atomic mass is 10.5. The second-order valence-corrected chi connectivity index (χ2v) is 1.72. The molecule has 2 aromatic heterocycles. The first-order valence-corrected chi connectivity index (χ1v) is 2.62. The molecule has 0 unspecified atom stereocenters. The minimum Gasteiger partial charge on any atom is -0.289 e. The molecule has 0 fully saturated rings. The predicted molar refractivity (Wildman–Crippen MR) is 31.8 cm³/mol. The average molecular weight is 118 g/mol. The Hall–Kier alpha value is -1.38. The van der Waals surface area contributed by atoms with Crippen LogP contribution in [0.4, 0.5) is 0 Å². The molecule has 0 saturated heterocycles. The molecule has 0 aliphatic carbocycles. The molecule has 0 atom stereocenters. The minimum absolute atomic E-state index is 0.831. The topological polar surface area (TPSA) is 30.2 Å². The van der Waals surface area contributed by atoms with Crippen LogP contribution in [0, 0.1) is 6.07 Å². The fourth-order valence-electron chi connectivity index (χ4n) is 0.716. The van der Waals surface area contributed by atoms with Gasteiger partial charge in [-0.05, 0) is 18.2 Å². The monoisotopic (exact) mass is 118 g/mol. The molecule has 0 bridgehead atoms. The maximum Gasteiger partial charge on any atom is 0.161 e. The van der Waals surface area contributed by atoms with Gasteiger partial charge in [-0.25, -0.2) is 0 Å². The number of pyridine rings is 1. The van der Waals surface area contributed by atoms with Gasteiger partial charge in [-0.1, -0.05) is 0 Å². The van der Waals surface area contributed by atoms with Crippen LogP contribution in [0.25, 0.3) is 5.65 Å². The molecule has 0 amide bonds. The quantitative estimate of drug-likeness (QED) is 0.505. The van der Waals surface area contributed by atoms with Gasteiger partial charge in [0.15, 0.2) is 5.65 Å². The van der Waals surface area contributed by atoms with Crippen molar-refractivity contribution < 1.29 is 0 Å². The van der Waals surface area contributed by atoms with Crippen molar-refractivity contribution in [2.24, 2.45) is 0 Å². The average Bonchev–Trinajstić information content (AvgIpc) is 2.33. The van der Waals surface area contributed by atoms with E-state index < -0.39 is 0 Å². The highest BCUT2D eigenvalue weighted by Gasteiger charge is 1.87. The van der Waals surface area contributed by atoms with Crippen molar-refractivity contribution in [2.45, 2.75) is 0 Å². The van der Waals surface area contributed by atoms with Crippen LogP contribution in [0.3, 0.4) is 0 Å². The molecule has 0 aromatic carbocycles. The Morgan fingerprint density at radius 3 is 3.44 bits per heavy atom. The Morgan fingerprint density at radius 1 is 1.56 bits per heavy atom. The number of hydrogen-bond acceptors (Lipinski definition) is 2. The molecule has 2 aromatic rings. The summed E-state index contributed by atoms with van der Waals surface area (Å²) in [6, 6.07) is 6.50. The van der Waals surface area contributed by atoms with Crippen LogP contribution in [0.15, 0.2) is 24.7 Å². The molecule has 0 spiro atoms. The van der Waals surface area contributed by atoms with Crippen molar-refractivity contribution >= 4 is 5.65 Å². The summed E-state index contributed by atoms with van der Waals surface area (Å²) in [6.45, 7) is 0. The third kappa shape index (κ3) is 0.579. The molecule has 0 aliphatic rings. The molecule has 0 aliphatic heterocycles. The molecule has 2 rings (SSSR count).